The summed E-state index contributed by atoms with van der Waals surface area (Å²) in [6.45, 7) is 1.94. The average molecular weight is 212 g/mol. The summed E-state index contributed by atoms with van der Waals surface area (Å²) in [5.74, 6) is 0.656. The Hall–Kier alpha value is -0.437. The summed E-state index contributed by atoms with van der Waals surface area (Å²) in [6, 6.07) is 0. The first-order chi connectivity index (χ1) is 3.93. The molecule has 0 bridgehead atoms. The van der Waals surface area contributed by atoms with Crippen LogP contribution in [-0.4, -0.2) is 20.4 Å². The maximum Gasteiger partial charge on any atom is 0.166 e. The third kappa shape index (κ3) is 2.56. The second-order valence-corrected chi connectivity index (χ2v) is 1.27. The van der Waals surface area contributed by atoms with E-state index in [1.165, 1.54) is 0 Å². The second-order valence-electron chi connectivity index (χ2n) is 1.27. The van der Waals surface area contributed by atoms with E-state index in [2.05, 4.69) is 26.7 Å². The minimum atomic E-state index is 0. The van der Waals surface area contributed by atoms with E-state index in [1.807, 2.05) is 6.92 Å². The fourth-order valence-corrected chi connectivity index (χ4v) is 0.342. The van der Waals surface area contributed by atoms with Crippen molar-refractivity contribution in [3.63, 3.8) is 0 Å². The molecule has 9 heavy (non-hydrogen) atoms. The van der Waals surface area contributed by atoms with Gasteiger partial charge in [0.2, 0.25) is 0 Å². The number of hydrogen-bond donors (Lipinski definition) is 0. The fraction of sp³-hybridized carbons (Fsp3) is 0.500. The molecule has 0 aliphatic heterocycles. The van der Waals surface area contributed by atoms with Gasteiger partial charge in [-0.1, -0.05) is 6.92 Å². The molecule has 1 heterocycles. The molecule has 1 aromatic rings. The molecule has 0 aliphatic carbocycles. The first kappa shape index (κ1) is 8.56. The molecule has 0 N–H and O–H groups in total. The summed E-state index contributed by atoms with van der Waals surface area (Å²) < 4.78 is 0. The molecule has 0 unspecified atom stereocenters. The van der Waals surface area contributed by atoms with Gasteiger partial charge in [-0.2, -0.15) is 10.2 Å². The summed E-state index contributed by atoms with van der Waals surface area (Å²) in [7, 11) is 0. The van der Waals surface area contributed by atoms with Gasteiger partial charge in [-0.25, -0.2) is 6.33 Å². The summed E-state index contributed by atoms with van der Waals surface area (Å²) in [6.07, 6.45) is 3.02. The summed E-state index contributed by atoms with van der Waals surface area (Å²) in [4.78, 5) is 0. The molecule has 0 aliphatic rings. The number of hydrogen-bond acceptors (Lipinski definition) is 4. The molecule has 0 fully saturated rings. The van der Waals surface area contributed by atoms with E-state index in [4.69, 9.17) is 0 Å². The van der Waals surface area contributed by atoms with Crippen molar-refractivity contribution < 1.29 is 19.5 Å². The Labute approximate surface area is 65.9 Å². The van der Waals surface area contributed by atoms with Gasteiger partial charge in [-0.15, -0.1) is 0 Å². The van der Waals surface area contributed by atoms with Crippen molar-refractivity contribution in [2.24, 2.45) is 0 Å². The molecule has 1 radical (unpaired) electrons. The topological polar surface area (TPSA) is 51.6 Å². The number of aromatic nitrogens is 4. The van der Waals surface area contributed by atoms with Crippen LogP contribution in [0.4, 0.5) is 0 Å². The molecule has 0 spiro atoms. The van der Waals surface area contributed by atoms with Crippen molar-refractivity contribution in [2.75, 3.05) is 0 Å². The number of aryl methyl sites for hydroxylation is 1. The van der Waals surface area contributed by atoms with Gasteiger partial charge in [0.05, 0.1) is 0 Å². The Morgan fingerprint density at radius 1 is 1.33 bits per heavy atom. The van der Waals surface area contributed by atoms with Crippen LogP contribution in [0.2, 0.25) is 0 Å². The van der Waals surface area contributed by atoms with Gasteiger partial charge in [0.15, 0.2) is 5.82 Å². The Morgan fingerprint density at radius 3 is 2.22 bits per heavy atom. The molecule has 1 aromatic heterocycles. The zero-order chi connectivity index (χ0) is 5.82. The van der Waals surface area contributed by atoms with Gasteiger partial charge in [-0.3, -0.25) is 0 Å². The SMILES string of the molecule is CCc1nn[c-]nn1.[Rh]. The largest absolute Gasteiger partial charge is 0.349 e. The van der Waals surface area contributed by atoms with Gasteiger partial charge in [0, 0.05) is 25.9 Å². The van der Waals surface area contributed by atoms with Crippen LogP contribution in [0.15, 0.2) is 0 Å². The van der Waals surface area contributed by atoms with Crippen molar-refractivity contribution in [2.45, 2.75) is 13.3 Å². The quantitative estimate of drug-likeness (QED) is 0.470. The average Bonchev–Trinajstić information content (AvgIpc) is 1.90. The molecular weight excluding hydrogens is 207 g/mol. The van der Waals surface area contributed by atoms with E-state index in [0.717, 1.165) is 6.42 Å². The zero-order valence-corrected chi connectivity index (χ0v) is 6.47. The predicted octanol–water partition coefficient (Wildman–Crippen LogP) is -0.373. The van der Waals surface area contributed by atoms with Crippen molar-refractivity contribution in [1.82, 2.24) is 20.4 Å². The van der Waals surface area contributed by atoms with E-state index in [0.29, 0.717) is 5.82 Å². The molecular formula is C4H5N4Rh-. The first-order valence-electron chi connectivity index (χ1n) is 2.36. The minimum Gasteiger partial charge on any atom is -0.349 e. The van der Waals surface area contributed by atoms with Gasteiger partial charge in [0.1, 0.15) is 0 Å². The molecule has 0 amide bonds. The monoisotopic (exact) mass is 212 g/mol. The van der Waals surface area contributed by atoms with Crippen LogP contribution in [0, 0.1) is 6.33 Å². The van der Waals surface area contributed by atoms with Crippen LogP contribution in [0.1, 0.15) is 12.7 Å². The van der Waals surface area contributed by atoms with E-state index in [-0.39, 0.29) is 19.5 Å². The maximum atomic E-state index is 3.62. The molecule has 0 saturated carbocycles. The molecule has 0 aromatic carbocycles. The van der Waals surface area contributed by atoms with Crippen molar-refractivity contribution >= 4 is 0 Å². The molecule has 0 atom stereocenters. The van der Waals surface area contributed by atoms with Crippen LogP contribution >= 0.6 is 0 Å². The number of nitrogens with zero attached hydrogens (tertiary/aromatic N) is 4. The van der Waals surface area contributed by atoms with Gasteiger partial charge < -0.3 is 10.2 Å². The Bertz CT molecular complexity index is 154. The summed E-state index contributed by atoms with van der Waals surface area (Å²) in [5.41, 5.74) is 0. The van der Waals surface area contributed by atoms with Crippen molar-refractivity contribution in [3.8, 4) is 0 Å². The van der Waals surface area contributed by atoms with Crippen LogP contribution in [-0.2, 0) is 25.9 Å². The normalized spacial score (nSPS) is 8.11. The minimum absolute atomic E-state index is 0. The Balaban J connectivity index is 0.000000640. The molecule has 1 rings (SSSR count). The van der Waals surface area contributed by atoms with Gasteiger partial charge in [-0.05, 0) is 0 Å². The standard InChI is InChI=1S/C4H5N4.Rh/c1-2-4-7-5-3-6-8-4;/h2H2,1H3;/q-1;. The van der Waals surface area contributed by atoms with Crippen LogP contribution in [0.5, 0.6) is 0 Å². The van der Waals surface area contributed by atoms with Crippen molar-refractivity contribution in [3.05, 3.63) is 12.2 Å². The Morgan fingerprint density at radius 2 is 1.89 bits per heavy atom. The van der Waals surface area contributed by atoms with E-state index < -0.39 is 0 Å². The maximum absolute atomic E-state index is 3.62. The Kier molecular flexibility index (Phi) is 4.23. The third-order valence-corrected chi connectivity index (χ3v) is 0.737. The first-order valence-corrected chi connectivity index (χ1v) is 2.36. The van der Waals surface area contributed by atoms with E-state index >= 15 is 0 Å². The van der Waals surface area contributed by atoms with Crippen LogP contribution < -0.4 is 0 Å². The van der Waals surface area contributed by atoms with Gasteiger partial charge in [0.25, 0.3) is 0 Å². The van der Waals surface area contributed by atoms with Gasteiger partial charge >= 0.3 is 0 Å². The van der Waals surface area contributed by atoms with Crippen LogP contribution in [0.3, 0.4) is 0 Å². The molecule has 5 heteroatoms. The fourth-order valence-electron chi connectivity index (χ4n) is 0.342. The third-order valence-electron chi connectivity index (χ3n) is 0.737. The number of rotatable bonds is 1. The molecule has 51 valence electrons. The van der Waals surface area contributed by atoms with E-state index in [1.54, 1.807) is 0 Å². The molecule has 4 nitrogen and oxygen atoms in total. The second kappa shape index (κ2) is 4.44. The van der Waals surface area contributed by atoms with Crippen molar-refractivity contribution in [1.29, 1.82) is 0 Å². The predicted molar refractivity (Wildman–Crippen MR) is 25.8 cm³/mol. The van der Waals surface area contributed by atoms with E-state index in [9.17, 15) is 0 Å². The zero-order valence-electron chi connectivity index (χ0n) is 4.83. The summed E-state index contributed by atoms with van der Waals surface area (Å²) in [5, 5.41) is 14.0. The van der Waals surface area contributed by atoms with Crippen LogP contribution in [0.25, 0.3) is 0 Å². The smallest absolute Gasteiger partial charge is 0.166 e. The molecule has 0 saturated heterocycles. The summed E-state index contributed by atoms with van der Waals surface area (Å²) >= 11 is 0.